The van der Waals surface area contributed by atoms with Gasteiger partial charge in [0.25, 0.3) is 0 Å². The number of hydrogen-bond donors (Lipinski definition) is 2. The van der Waals surface area contributed by atoms with Crippen molar-refractivity contribution in [3.63, 3.8) is 0 Å². The minimum absolute atomic E-state index is 0.00737. The fourth-order valence-electron chi connectivity index (χ4n) is 3.34. The first-order chi connectivity index (χ1) is 11.3. The number of benzene rings is 1. The van der Waals surface area contributed by atoms with Crippen LogP contribution in [0.25, 0.3) is 10.9 Å². The van der Waals surface area contributed by atoms with Crippen molar-refractivity contribution in [3.05, 3.63) is 29.6 Å². The molecule has 0 aliphatic carbocycles. The van der Waals surface area contributed by atoms with Gasteiger partial charge in [0.2, 0.25) is 0 Å². The molecular formula is C17H24N3O3P. The van der Waals surface area contributed by atoms with Crippen LogP contribution in [-0.4, -0.2) is 39.0 Å². The van der Waals surface area contributed by atoms with Gasteiger partial charge in [0.15, 0.2) is 0 Å². The van der Waals surface area contributed by atoms with E-state index in [2.05, 4.69) is 40.8 Å². The standard InChI is InChI=1S/C17H24N3O3P/c1-12-9-15-16(10-13(12)2)18-11-19-17(15)20-6-3-14(4-7-20)5-8-24(21,22)23/h9-11,14H,3-8H2,1-2H3,(H2,21,22,23). The molecule has 1 aromatic carbocycles. The SMILES string of the molecule is Cc1cc2ncnc(N3CCC(CCP(=O)(O)O)CC3)c2cc1C. The highest BCUT2D eigenvalue weighted by atomic mass is 31.2. The zero-order valence-electron chi connectivity index (χ0n) is 14.1. The molecule has 3 rings (SSSR count). The summed E-state index contributed by atoms with van der Waals surface area (Å²) in [4.78, 5) is 29.2. The summed E-state index contributed by atoms with van der Waals surface area (Å²) >= 11 is 0. The molecule has 2 aromatic rings. The Hall–Kier alpha value is -1.49. The second kappa shape index (κ2) is 6.79. The van der Waals surface area contributed by atoms with E-state index < -0.39 is 7.60 Å². The van der Waals surface area contributed by atoms with Gasteiger partial charge in [-0.05, 0) is 62.3 Å². The molecule has 0 amide bonds. The van der Waals surface area contributed by atoms with E-state index in [0.717, 1.165) is 42.7 Å². The third kappa shape index (κ3) is 3.94. The average Bonchev–Trinajstić information content (AvgIpc) is 2.53. The molecule has 0 spiro atoms. The highest BCUT2D eigenvalue weighted by Crippen LogP contribution is 2.38. The Morgan fingerprint density at radius 1 is 1.17 bits per heavy atom. The van der Waals surface area contributed by atoms with Gasteiger partial charge in [-0.1, -0.05) is 0 Å². The lowest BCUT2D eigenvalue weighted by atomic mass is 9.94. The molecule has 7 heteroatoms. The minimum atomic E-state index is -3.88. The molecule has 0 saturated carbocycles. The number of aromatic nitrogens is 2. The summed E-state index contributed by atoms with van der Waals surface area (Å²) < 4.78 is 11.0. The predicted molar refractivity (Wildman–Crippen MR) is 95.5 cm³/mol. The van der Waals surface area contributed by atoms with E-state index in [1.54, 1.807) is 6.33 Å². The summed E-state index contributed by atoms with van der Waals surface area (Å²) in [7, 11) is -3.88. The molecule has 1 saturated heterocycles. The van der Waals surface area contributed by atoms with E-state index >= 15 is 0 Å². The topological polar surface area (TPSA) is 86.6 Å². The van der Waals surface area contributed by atoms with Crippen LogP contribution >= 0.6 is 7.60 Å². The Morgan fingerprint density at radius 3 is 2.50 bits per heavy atom. The Morgan fingerprint density at radius 2 is 1.83 bits per heavy atom. The highest BCUT2D eigenvalue weighted by molar-refractivity contribution is 7.51. The number of aryl methyl sites for hydroxylation is 2. The van der Waals surface area contributed by atoms with Crippen LogP contribution in [0.1, 0.15) is 30.4 Å². The summed E-state index contributed by atoms with van der Waals surface area (Å²) in [6.45, 7) is 5.92. The van der Waals surface area contributed by atoms with Crippen molar-refractivity contribution < 1.29 is 14.4 Å². The minimum Gasteiger partial charge on any atom is -0.356 e. The summed E-state index contributed by atoms with van der Waals surface area (Å²) in [5.41, 5.74) is 3.42. The summed E-state index contributed by atoms with van der Waals surface area (Å²) in [6, 6.07) is 4.25. The molecule has 0 unspecified atom stereocenters. The maximum atomic E-state index is 11.0. The van der Waals surface area contributed by atoms with E-state index in [4.69, 9.17) is 9.79 Å². The molecule has 1 aliphatic heterocycles. The van der Waals surface area contributed by atoms with Crippen LogP contribution in [0, 0.1) is 19.8 Å². The van der Waals surface area contributed by atoms with Gasteiger partial charge in [-0.3, -0.25) is 4.57 Å². The molecule has 0 radical (unpaired) electrons. The molecule has 24 heavy (non-hydrogen) atoms. The lowest BCUT2D eigenvalue weighted by Crippen LogP contribution is -2.34. The third-order valence-corrected chi connectivity index (χ3v) is 5.81. The summed E-state index contributed by atoms with van der Waals surface area (Å²) in [6.07, 6.45) is 4.09. The molecule has 1 aromatic heterocycles. The van der Waals surface area contributed by atoms with E-state index in [1.807, 2.05) is 0 Å². The maximum Gasteiger partial charge on any atom is 0.325 e. The van der Waals surface area contributed by atoms with Gasteiger partial charge < -0.3 is 14.7 Å². The average molecular weight is 349 g/mol. The molecule has 6 nitrogen and oxygen atoms in total. The fourth-order valence-corrected chi connectivity index (χ4v) is 4.04. The molecule has 2 heterocycles. The van der Waals surface area contributed by atoms with Gasteiger partial charge in [-0.2, -0.15) is 0 Å². The molecule has 0 atom stereocenters. The quantitative estimate of drug-likeness (QED) is 0.825. The van der Waals surface area contributed by atoms with E-state index in [0.29, 0.717) is 12.3 Å². The van der Waals surface area contributed by atoms with Crippen molar-refractivity contribution in [1.82, 2.24) is 9.97 Å². The van der Waals surface area contributed by atoms with Crippen molar-refractivity contribution in [3.8, 4) is 0 Å². The molecular weight excluding hydrogens is 325 g/mol. The van der Waals surface area contributed by atoms with Gasteiger partial charge >= 0.3 is 7.60 Å². The van der Waals surface area contributed by atoms with Crippen LogP contribution in [0.2, 0.25) is 0 Å². The lowest BCUT2D eigenvalue weighted by Gasteiger charge is -2.33. The van der Waals surface area contributed by atoms with Crippen molar-refractivity contribution in [2.45, 2.75) is 33.1 Å². The van der Waals surface area contributed by atoms with Crippen LogP contribution < -0.4 is 4.90 Å². The Balaban J connectivity index is 1.74. The normalized spacial score (nSPS) is 16.8. The monoisotopic (exact) mass is 349 g/mol. The largest absolute Gasteiger partial charge is 0.356 e. The fraction of sp³-hybridized carbons (Fsp3) is 0.529. The van der Waals surface area contributed by atoms with Gasteiger partial charge in [-0.15, -0.1) is 0 Å². The van der Waals surface area contributed by atoms with Crippen molar-refractivity contribution in [1.29, 1.82) is 0 Å². The van der Waals surface area contributed by atoms with Crippen LogP contribution in [-0.2, 0) is 4.57 Å². The number of hydrogen-bond acceptors (Lipinski definition) is 4. The van der Waals surface area contributed by atoms with Crippen LogP contribution in [0.5, 0.6) is 0 Å². The zero-order valence-corrected chi connectivity index (χ0v) is 15.0. The first-order valence-corrected chi connectivity index (χ1v) is 10.1. The summed E-state index contributed by atoms with van der Waals surface area (Å²) in [5.74, 6) is 1.35. The second-order valence-electron chi connectivity index (χ2n) is 6.76. The van der Waals surface area contributed by atoms with Crippen LogP contribution in [0.3, 0.4) is 0 Å². The zero-order chi connectivity index (χ0) is 17.3. The van der Waals surface area contributed by atoms with Crippen molar-refractivity contribution in [2.24, 2.45) is 5.92 Å². The Bertz CT molecular complexity index is 782. The molecule has 1 aliphatic rings. The van der Waals surface area contributed by atoms with Gasteiger partial charge in [-0.25, -0.2) is 9.97 Å². The molecule has 2 N–H and O–H groups in total. The van der Waals surface area contributed by atoms with Crippen LogP contribution in [0.15, 0.2) is 18.5 Å². The number of fused-ring (bicyclic) bond motifs is 1. The predicted octanol–water partition coefficient (Wildman–Crippen LogP) is 3.03. The number of nitrogens with zero attached hydrogens (tertiary/aromatic N) is 3. The van der Waals surface area contributed by atoms with E-state index in [9.17, 15) is 4.57 Å². The van der Waals surface area contributed by atoms with Crippen molar-refractivity contribution in [2.75, 3.05) is 24.2 Å². The second-order valence-corrected chi connectivity index (χ2v) is 8.53. The van der Waals surface area contributed by atoms with Gasteiger partial charge in [0.1, 0.15) is 12.1 Å². The molecule has 0 bridgehead atoms. The Kier molecular flexibility index (Phi) is 4.90. The Labute approximate surface area is 142 Å². The van der Waals surface area contributed by atoms with E-state index in [1.165, 1.54) is 11.1 Å². The number of rotatable bonds is 4. The highest BCUT2D eigenvalue weighted by Gasteiger charge is 2.24. The maximum absolute atomic E-state index is 11.0. The smallest absolute Gasteiger partial charge is 0.325 e. The molecule has 1 fully saturated rings. The van der Waals surface area contributed by atoms with Crippen molar-refractivity contribution >= 4 is 24.3 Å². The third-order valence-electron chi connectivity index (χ3n) is 4.97. The van der Waals surface area contributed by atoms with Crippen LogP contribution in [0.4, 0.5) is 5.82 Å². The molecule has 130 valence electrons. The van der Waals surface area contributed by atoms with Gasteiger partial charge in [0.05, 0.1) is 11.7 Å². The summed E-state index contributed by atoms with van der Waals surface area (Å²) in [5, 5.41) is 1.08. The number of piperidine rings is 1. The van der Waals surface area contributed by atoms with Gasteiger partial charge in [0, 0.05) is 18.5 Å². The number of anilines is 1. The first-order valence-electron chi connectivity index (χ1n) is 8.35. The first kappa shape index (κ1) is 17.3. The van der Waals surface area contributed by atoms with E-state index in [-0.39, 0.29) is 6.16 Å². The lowest BCUT2D eigenvalue weighted by molar-refractivity contribution is 0.350.